The molecule has 1 aliphatic carbocycles. The summed E-state index contributed by atoms with van der Waals surface area (Å²) in [5.74, 6) is 0.695. The molecule has 0 spiro atoms. The number of carbonyl (C=O) groups is 1. The van der Waals surface area contributed by atoms with Crippen molar-refractivity contribution >= 4 is 38.9 Å². The van der Waals surface area contributed by atoms with Gasteiger partial charge in [0, 0.05) is 22.4 Å². The molecule has 0 unspecified atom stereocenters. The van der Waals surface area contributed by atoms with Crippen LogP contribution in [0.5, 0.6) is 0 Å². The van der Waals surface area contributed by atoms with Gasteiger partial charge < -0.3 is 14.1 Å². The van der Waals surface area contributed by atoms with E-state index in [0.29, 0.717) is 6.04 Å². The molecule has 182 valence electrons. The second-order valence-corrected chi connectivity index (χ2v) is 9.86. The van der Waals surface area contributed by atoms with Gasteiger partial charge in [-0.2, -0.15) is 0 Å². The molecule has 1 N–H and O–H groups in total. The van der Waals surface area contributed by atoms with Crippen molar-refractivity contribution in [2.45, 2.75) is 38.1 Å². The van der Waals surface area contributed by atoms with Crippen LogP contribution in [0.25, 0.3) is 55.7 Å². The largest absolute Gasteiger partial charge is 0.478 e. The van der Waals surface area contributed by atoms with Gasteiger partial charge in [0.1, 0.15) is 17.1 Å². The summed E-state index contributed by atoms with van der Waals surface area (Å²) < 4.78 is 8.35. The second-order valence-electron chi connectivity index (χ2n) is 9.86. The number of fused-ring (bicyclic) bond motifs is 3. The maximum absolute atomic E-state index is 11.6. The summed E-state index contributed by atoms with van der Waals surface area (Å²) in [6.45, 7) is 0. The molecule has 3 heterocycles. The molecular formula is C31H25N3O3. The standard InChI is InChI=1S/C31H25N3O3/c35-31(36)22-12-15-27-26(17-22)33-30(34(27)23-7-2-1-3-8-23)21-11-13-24-19(16-21)10-14-25(32-24)29-18-20-6-4-5-9-28(20)37-29/h4-6,9-18,23H,1-3,7-8H2,(H,35,36). The van der Waals surface area contributed by atoms with Crippen LogP contribution in [-0.2, 0) is 0 Å². The summed E-state index contributed by atoms with van der Waals surface area (Å²) >= 11 is 0. The van der Waals surface area contributed by atoms with Gasteiger partial charge in [-0.25, -0.2) is 14.8 Å². The number of carboxylic acids is 1. The van der Waals surface area contributed by atoms with Crippen molar-refractivity contribution in [2.24, 2.45) is 0 Å². The van der Waals surface area contributed by atoms with Crippen LogP contribution >= 0.6 is 0 Å². The first-order valence-electron chi connectivity index (χ1n) is 12.8. The molecule has 6 nitrogen and oxygen atoms in total. The Bertz CT molecular complexity index is 1770. The van der Waals surface area contributed by atoms with Crippen molar-refractivity contribution in [1.82, 2.24) is 14.5 Å². The third-order valence-electron chi connectivity index (χ3n) is 7.50. The number of carboxylic acid groups (broad SMARTS) is 1. The van der Waals surface area contributed by atoms with Crippen LogP contribution < -0.4 is 0 Å². The van der Waals surface area contributed by atoms with Gasteiger partial charge in [-0.05, 0) is 67.4 Å². The summed E-state index contributed by atoms with van der Waals surface area (Å²) in [7, 11) is 0. The van der Waals surface area contributed by atoms with Crippen molar-refractivity contribution in [2.75, 3.05) is 0 Å². The van der Waals surface area contributed by atoms with Crippen molar-refractivity contribution in [1.29, 1.82) is 0 Å². The lowest BCUT2D eigenvalue weighted by atomic mass is 9.94. The summed E-state index contributed by atoms with van der Waals surface area (Å²) in [5, 5.41) is 11.6. The number of imidazole rings is 1. The Labute approximate surface area is 213 Å². The number of furan rings is 1. The van der Waals surface area contributed by atoms with E-state index in [2.05, 4.69) is 22.8 Å². The predicted molar refractivity (Wildman–Crippen MR) is 145 cm³/mol. The molecule has 1 fully saturated rings. The van der Waals surface area contributed by atoms with Crippen LogP contribution in [-0.4, -0.2) is 25.6 Å². The van der Waals surface area contributed by atoms with Gasteiger partial charge in [0.25, 0.3) is 0 Å². The highest BCUT2D eigenvalue weighted by Crippen LogP contribution is 2.37. The van der Waals surface area contributed by atoms with E-state index in [0.717, 1.165) is 68.6 Å². The molecule has 0 aliphatic heterocycles. The fourth-order valence-electron chi connectivity index (χ4n) is 5.65. The fraction of sp³-hybridized carbons (Fsp3) is 0.194. The molecular weight excluding hydrogens is 462 g/mol. The molecule has 3 aromatic heterocycles. The summed E-state index contributed by atoms with van der Waals surface area (Å²) in [5.41, 5.74) is 5.51. The number of hydrogen-bond donors (Lipinski definition) is 1. The highest BCUT2D eigenvalue weighted by atomic mass is 16.4. The van der Waals surface area contributed by atoms with E-state index in [-0.39, 0.29) is 5.56 Å². The van der Waals surface area contributed by atoms with E-state index < -0.39 is 5.97 Å². The first kappa shape index (κ1) is 21.8. The minimum absolute atomic E-state index is 0.258. The molecule has 6 heteroatoms. The quantitative estimate of drug-likeness (QED) is 0.274. The number of rotatable bonds is 4. The molecule has 37 heavy (non-hydrogen) atoms. The molecule has 0 radical (unpaired) electrons. The average molecular weight is 488 g/mol. The van der Waals surface area contributed by atoms with Gasteiger partial charge in [-0.15, -0.1) is 0 Å². The lowest BCUT2D eigenvalue weighted by molar-refractivity contribution is 0.0697. The lowest BCUT2D eigenvalue weighted by Gasteiger charge is -2.25. The van der Waals surface area contributed by atoms with Crippen molar-refractivity contribution in [3.05, 3.63) is 84.4 Å². The number of aromatic nitrogens is 3. The minimum atomic E-state index is -0.937. The fourth-order valence-corrected chi connectivity index (χ4v) is 5.65. The predicted octanol–water partition coefficient (Wildman–Crippen LogP) is 7.87. The maximum atomic E-state index is 11.6. The zero-order valence-corrected chi connectivity index (χ0v) is 20.2. The Morgan fingerprint density at radius 3 is 2.54 bits per heavy atom. The van der Waals surface area contributed by atoms with Gasteiger partial charge in [-0.1, -0.05) is 43.5 Å². The van der Waals surface area contributed by atoms with Gasteiger partial charge in [-0.3, -0.25) is 0 Å². The monoisotopic (exact) mass is 487 g/mol. The third-order valence-corrected chi connectivity index (χ3v) is 7.50. The third kappa shape index (κ3) is 3.76. The molecule has 0 saturated heterocycles. The Morgan fingerprint density at radius 1 is 0.838 bits per heavy atom. The van der Waals surface area contributed by atoms with Crippen LogP contribution in [0.4, 0.5) is 0 Å². The average Bonchev–Trinajstić information content (AvgIpc) is 3.54. The first-order valence-corrected chi connectivity index (χ1v) is 12.8. The van der Waals surface area contributed by atoms with Crippen LogP contribution in [0.2, 0.25) is 0 Å². The topological polar surface area (TPSA) is 81.2 Å². The summed E-state index contributed by atoms with van der Waals surface area (Å²) in [4.78, 5) is 21.4. The van der Waals surface area contributed by atoms with Crippen molar-refractivity contribution < 1.29 is 14.3 Å². The van der Waals surface area contributed by atoms with E-state index >= 15 is 0 Å². The number of benzene rings is 3. The van der Waals surface area contributed by atoms with Gasteiger partial charge >= 0.3 is 5.97 Å². The van der Waals surface area contributed by atoms with E-state index in [9.17, 15) is 9.90 Å². The van der Waals surface area contributed by atoms with Crippen LogP contribution in [0, 0.1) is 0 Å². The highest BCUT2D eigenvalue weighted by molar-refractivity contribution is 5.94. The number of para-hydroxylation sites is 1. The zero-order valence-electron chi connectivity index (χ0n) is 20.2. The van der Waals surface area contributed by atoms with E-state index in [1.54, 1.807) is 12.1 Å². The SMILES string of the molecule is O=C(O)c1ccc2c(c1)nc(-c1ccc3nc(-c4cc5ccccc5o4)ccc3c1)n2C1CCCCC1. The number of pyridine rings is 1. The molecule has 1 saturated carbocycles. The Morgan fingerprint density at radius 2 is 1.70 bits per heavy atom. The highest BCUT2D eigenvalue weighted by Gasteiger charge is 2.23. The van der Waals surface area contributed by atoms with Crippen molar-refractivity contribution in [3.8, 4) is 22.8 Å². The van der Waals surface area contributed by atoms with Gasteiger partial charge in [0.2, 0.25) is 0 Å². The molecule has 3 aromatic carbocycles. The zero-order chi connectivity index (χ0) is 24.9. The van der Waals surface area contributed by atoms with Crippen LogP contribution in [0.15, 0.2) is 83.3 Å². The Hall–Kier alpha value is -4.45. The van der Waals surface area contributed by atoms with Crippen LogP contribution in [0.3, 0.4) is 0 Å². The van der Waals surface area contributed by atoms with Crippen molar-refractivity contribution in [3.63, 3.8) is 0 Å². The van der Waals surface area contributed by atoms with Gasteiger partial charge in [0.15, 0.2) is 5.76 Å². The smallest absolute Gasteiger partial charge is 0.335 e. The number of hydrogen-bond acceptors (Lipinski definition) is 4. The van der Waals surface area contributed by atoms with E-state index in [1.165, 1.54) is 19.3 Å². The number of nitrogens with zero attached hydrogens (tertiary/aromatic N) is 3. The summed E-state index contributed by atoms with van der Waals surface area (Å²) in [6.07, 6.45) is 5.87. The molecule has 7 rings (SSSR count). The molecule has 1 aliphatic rings. The van der Waals surface area contributed by atoms with Crippen LogP contribution in [0.1, 0.15) is 48.5 Å². The summed E-state index contributed by atoms with van der Waals surface area (Å²) in [6, 6.07) is 25.9. The maximum Gasteiger partial charge on any atom is 0.335 e. The lowest BCUT2D eigenvalue weighted by Crippen LogP contribution is -2.14. The molecule has 0 amide bonds. The van der Waals surface area contributed by atoms with E-state index in [4.69, 9.17) is 14.4 Å². The second kappa shape index (κ2) is 8.59. The molecule has 6 aromatic rings. The number of aromatic carboxylic acids is 1. The Kier molecular flexibility index (Phi) is 5.06. The first-order chi connectivity index (χ1) is 18.1. The van der Waals surface area contributed by atoms with Gasteiger partial charge in [0.05, 0.1) is 22.1 Å². The minimum Gasteiger partial charge on any atom is -0.478 e. The molecule has 0 atom stereocenters. The normalized spacial score (nSPS) is 14.6. The Balaban J connectivity index is 1.33. The van der Waals surface area contributed by atoms with E-state index in [1.807, 2.05) is 48.5 Å². The molecule has 0 bridgehead atoms.